The molecule has 1 fully saturated rings. The van der Waals surface area contributed by atoms with Gasteiger partial charge >= 0.3 is 5.69 Å². The van der Waals surface area contributed by atoms with Gasteiger partial charge in [0.1, 0.15) is 0 Å². The number of nitrogens with zero attached hydrogens (tertiary/aromatic N) is 2. The molecule has 2 amide bonds. The molecule has 3 rings (SSSR count). The van der Waals surface area contributed by atoms with Crippen LogP contribution in [-0.4, -0.2) is 58.3 Å². The predicted molar refractivity (Wildman–Crippen MR) is 76.8 cm³/mol. The molecule has 0 aliphatic carbocycles. The lowest BCUT2D eigenvalue weighted by molar-refractivity contribution is -0.134. The van der Waals surface area contributed by atoms with Crippen LogP contribution in [0.3, 0.4) is 0 Å². The van der Waals surface area contributed by atoms with Gasteiger partial charge in [-0.25, -0.2) is 4.79 Å². The van der Waals surface area contributed by atoms with Crippen molar-refractivity contribution in [1.29, 1.82) is 0 Å². The highest BCUT2D eigenvalue weighted by atomic mass is 16.2. The number of nitrogens with one attached hydrogen (secondary N) is 2. The van der Waals surface area contributed by atoms with Crippen molar-refractivity contribution < 1.29 is 9.59 Å². The Morgan fingerprint density at radius 2 is 1.86 bits per heavy atom. The fourth-order valence-corrected chi connectivity index (χ4v) is 2.55. The molecule has 2 N–H and O–H groups in total. The molecule has 7 nitrogen and oxygen atoms in total. The van der Waals surface area contributed by atoms with Gasteiger partial charge in [-0.1, -0.05) is 6.07 Å². The zero-order valence-corrected chi connectivity index (χ0v) is 11.5. The molecule has 21 heavy (non-hydrogen) atoms. The van der Waals surface area contributed by atoms with E-state index in [2.05, 4.69) is 9.97 Å². The van der Waals surface area contributed by atoms with Crippen molar-refractivity contribution in [2.75, 3.05) is 26.2 Å². The largest absolute Gasteiger partial charge is 0.342 e. The molecule has 0 radical (unpaired) electrons. The second-order valence-electron chi connectivity index (χ2n) is 5.16. The highest BCUT2D eigenvalue weighted by Gasteiger charge is 2.20. The van der Waals surface area contributed by atoms with Crippen LogP contribution in [0.5, 0.6) is 0 Å². The van der Waals surface area contributed by atoms with Crippen molar-refractivity contribution in [2.24, 2.45) is 0 Å². The first-order valence-corrected chi connectivity index (χ1v) is 6.84. The maximum atomic E-state index is 12.2. The first-order valence-electron chi connectivity index (χ1n) is 6.84. The number of carbonyl (C=O) groups excluding carboxylic acids is 2. The molecular formula is C14H16N4O3. The van der Waals surface area contributed by atoms with Crippen molar-refractivity contribution in [1.82, 2.24) is 19.8 Å². The number of piperazine rings is 1. The Bertz CT molecular complexity index is 725. The lowest BCUT2D eigenvalue weighted by Gasteiger charge is -2.32. The van der Waals surface area contributed by atoms with E-state index in [9.17, 15) is 14.4 Å². The van der Waals surface area contributed by atoms with E-state index in [1.165, 1.54) is 0 Å². The number of amides is 2. The summed E-state index contributed by atoms with van der Waals surface area (Å²) in [4.78, 5) is 42.9. The highest BCUT2D eigenvalue weighted by Crippen LogP contribution is 2.12. The standard InChI is InChI=1S/C14H16N4O3/c19-9-17-3-5-18(6-4-17)13(20)8-10-1-2-11-12(7-10)16-14(21)15-11/h1-2,7,9H,3-6,8H2,(H2,15,16,21). The zero-order chi connectivity index (χ0) is 14.8. The first-order chi connectivity index (χ1) is 10.2. The van der Waals surface area contributed by atoms with Crippen molar-refractivity contribution in [3.05, 3.63) is 34.2 Å². The maximum absolute atomic E-state index is 12.2. The summed E-state index contributed by atoms with van der Waals surface area (Å²) < 4.78 is 0. The second kappa shape index (κ2) is 5.43. The summed E-state index contributed by atoms with van der Waals surface area (Å²) in [6.45, 7) is 2.31. The van der Waals surface area contributed by atoms with Crippen LogP contribution in [-0.2, 0) is 16.0 Å². The lowest BCUT2D eigenvalue weighted by Crippen LogP contribution is -2.48. The van der Waals surface area contributed by atoms with Gasteiger partial charge in [-0.15, -0.1) is 0 Å². The van der Waals surface area contributed by atoms with Gasteiger partial charge in [-0.2, -0.15) is 0 Å². The maximum Gasteiger partial charge on any atom is 0.323 e. The molecule has 0 spiro atoms. The van der Waals surface area contributed by atoms with Crippen LogP contribution in [0, 0.1) is 0 Å². The van der Waals surface area contributed by atoms with Crippen molar-refractivity contribution in [2.45, 2.75) is 6.42 Å². The van der Waals surface area contributed by atoms with E-state index >= 15 is 0 Å². The van der Waals surface area contributed by atoms with E-state index in [0.29, 0.717) is 38.1 Å². The number of rotatable bonds is 3. The SMILES string of the molecule is O=CN1CCN(C(=O)Cc2ccc3[nH]c(=O)[nH]c3c2)CC1. The van der Waals surface area contributed by atoms with Gasteiger partial charge in [0.25, 0.3) is 0 Å². The summed E-state index contributed by atoms with van der Waals surface area (Å²) in [5.74, 6) is 0.0396. The van der Waals surface area contributed by atoms with Crippen molar-refractivity contribution >= 4 is 23.4 Å². The molecular weight excluding hydrogens is 272 g/mol. The Hall–Kier alpha value is -2.57. The number of fused-ring (bicyclic) bond motifs is 1. The number of carbonyl (C=O) groups is 2. The summed E-state index contributed by atoms with van der Waals surface area (Å²) in [5.41, 5.74) is 2.05. The summed E-state index contributed by atoms with van der Waals surface area (Å²) >= 11 is 0. The molecule has 1 aliphatic rings. The summed E-state index contributed by atoms with van der Waals surface area (Å²) in [6.07, 6.45) is 1.11. The quantitative estimate of drug-likeness (QED) is 0.760. The highest BCUT2D eigenvalue weighted by molar-refractivity contribution is 5.81. The Balaban J connectivity index is 1.68. The number of H-pyrrole nitrogens is 2. The minimum absolute atomic E-state index is 0.0396. The number of hydrogen-bond acceptors (Lipinski definition) is 3. The average molecular weight is 288 g/mol. The Kier molecular flexibility index (Phi) is 3.47. The average Bonchev–Trinajstić information content (AvgIpc) is 2.86. The summed E-state index contributed by atoms with van der Waals surface area (Å²) in [6, 6.07) is 5.44. The molecule has 7 heteroatoms. The van der Waals surface area contributed by atoms with Crippen LogP contribution in [0.1, 0.15) is 5.56 Å². The Morgan fingerprint density at radius 3 is 2.57 bits per heavy atom. The van der Waals surface area contributed by atoms with Crippen molar-refractivity contribution in [3.63, 3.8) is 0 Å². The molecule has 1 saturated heterocycles. The summed E-state index contributed by atoms with van der Waals surface area (Å²) in [5, 5.41) is 0. The van der Waals surface area contributed by atoms with Gasteiger partial charge < -0.3 is 19.8 Å². The molecule has 1 aliphatic heterocycles. The monoisotopic (exact) mass is 288 g/mol. The van der Waals surface area contributed by atoms with Gasteiger partial charge in [0.15, 0.2) is 0 Å². The number of hydrogen-bond donors (Lipinski definition) is 2. The molecule has 1 aromatic carbocycles. The number of aromatic amines is 2. The van der Waals surface area contributed by atoms with Crippen LogP contribution >= 0.6 is 0 Å². The third kappa shape index (κ3) is 2.81. The van der Waals surface area contributed by atoms with Crippen LogP contribution in [0.15, 0.2) is 23.0 Å². The van der Waals surface area contributed by atoms with Gasteiger partial charge in [0.2, 0.25) is 12.3 Å². The zero-order valence-electron chi connectivity index (χ0n) is 11.5. The fraction of sp³-hybridized carbons (Fsp3) is 0.357. The predicted octanol–water partition coefficient (Wildman–Crippen LogP) is -0.301. The minimum atomic E-state index is -0.251. The molecule has 110 valence electrons. The normalized spacial score (nSPS) is 15.4. The Labute approximate surface area is 120 Å². The van der Waals surface area contributed by atoms with Gasteiger partial charge in [0.05, 0.1) is 17.5 Å². The van der Waals surface area contributed by atoms with Gasteiger partial charge in [0, 0.05) is 26.2 Å². The molecule has 2 aromatic rings. The topological polar surface area (TPSA) is 89.3 Å². The van der Waals surface area contributed by atoms with E-state index in [1.54, 1.807) is 15.9 Å². The molecule has 0 saturated carbocycles. The van der Waals surface area contributed by atoms with Crippen LogP contribution in [0.4, 0.5) is 0 Å². The first kappa shape index (κ1) is 13.4. The van der Waals surface area contributed by atoms with E-state index in [-0.39, 0.29) is 11.6 Å². The lowest BCUT2D eigenvalue weighted by atomic mass is 10.1. The van der Waals surface area contributed by atoms with Crippen LogP contribution in [0.2, 0.25) is 0 Å². The smallest absolute Gasteiger partial charge is 0.323 e. The number of benzene rings is 1. The number of aromatic nitrogens is 2. The van der Waals surface area contributed by atoms with E-state index in [0.717, 1.165) is 17.5 Å². The third-order valence-electron chi connectivity index (χ3n) is 3.75. The molecule has 0 unspecified atom stereocenters. The van der Waals surface area contributed by atoms with E-state index < -0.39 is 0 Å². The molecule has 2 heterocycles. The summed E-state index contributed by atoms with van der Waals surface area (Å²) in [7, 11) is 0. The molecule has 0 bridgehead atoms. The van der Waals surface area contributed by atoms with Crippen LogP contribution < -0.4 is 5.69 Å². The number of imidazole rings is 1. The van der Waals surface area contributed by atoms with Gasteiger partial charge in [-0.05, 0) is 17.7 Å². The molecule has 0 atom stereocenters. The van der Waals surface area contributed by atoms with Crippen LogP contribution in [0.25, 0.3) is 11.0 Å². The van der Waals surface area contributed by atoms with E-state index in [4.69, 9.17) is 0 Å². The minimum Gasteiger partial charge on any atom is -0.342 e. The van der Waals surface area contributed by atoms with Crippen molar-refractivity contribution in [3.8, 4) is 0 Å². The third-order valence-corrected chi connectivity index (χ3v) is 3.75. The molecule has 1 aromatic heterocycles. The Morgan fingerprint density at radius 1 is 1.14 bits per heavy atom. The fourth-order valence-electron chi connectivity index (χ4n) is 2.55. The van der Waals surface area contributed by atoms with E-state index in [1.807, 2.05) is 12.1 Å². The van der Waals surface area contributed by atoms with Gasteiger partial charge in [-0.3, -0.25) is 9.59 Å². The second-order valence-corrected chi connectivity index (χ2v) is 5.16.